The van der Waals surface area contributed by atoms with Crippen molar-refractivity contribution in [3.63, 3.8) is 0 Å². The van der Waals surface area contributed by atoms with E-state index >= 15 is 0 Å². The van der Waals surface area contributed by atoms with Crippen LogP contribution >= 0.6 is 0 Å². The van der Waals surface area contributed by atoms with Crippen LogP contribution in [-0.4, -0.2) is 30.5 Å². The molecule has 5 rings (SSSR count). The molecule has 8 nitrogen and oxygen atoms in total. The van der Waals surface area contributed by atoms with E-state index in [0.717, 1.165) is 11.3 Å². The summed E-state index contributed by atoms with van der Waals surface area (Å²) in [5.74, 6) is 1.43. The Morgan fingerprint density at radius 1 is 0.879 bits per heavy atom. The van der Waals surface area contributed by atoms with Crippen molar-refractivity contribution in [2.45, 2.75) is 0 Å². The van der Waals surface area contributed by atoms with Crippen molar-refractivity contribution in [2.24, 2.45) is 7.05 Å². The van der Waals surface area contributed by atoms with E-state index in [-0.39, 0.29) is 5.91 Å². The summed E-state index contributed by atoms with van der Waals surface area (Å²) >= 11 is 0. The first-order valence-corrected chi connectivity index (χ1v) is 10.3. The van der Waals surface area contributed by atoms with Crippen molar-refractivity contribution in [2.75, 3.05) is 5.32 Å². The molecule has 5 aromatic rings. The summed E-state index contributed by atoms with van der Waals surface area (Å²) in [6.07, 6.45) is 3.79. The number of aromatic nitrogens is 5. The predicted octanol–water partition coefficient (Wildman–Crippen LogP) is 4.71. The van der Waals surface area contributed by atoms with Crippen LogP contribution < -0.4 is 10.1 Å². The van der Waals surface area contributed by atoms with Crippen LogP contribution in [0.15, 0.2) is 97.3 Å². The van der Waals surface area contributed by atoms with Crippen molar-refractivity contribution in [1.82, 2.24) is 24.5 Å². The number of carbonyl (C=O) groups is 1. The zero-order chi connectivity index (χ0) is 22.6. The number of hydrogen-bond donors (Lipinski definition) is 1. The highest BCUT2D eigenvalue weighted by atomic mass is 16.5. The van der Waals surface area contributed by atoms with Crippen LogP contribution in [0.5, 0.6) is 11.6 Å². The van der Waals surface area contributed by atoms with E-state index in [4.69, 9.17) is 4.74 Å². The highest BCUT2D eigenvalue weighted by Crippen LogP contribution is 2.23. The lowest BCUT2D eigenvalue weighted by Crippen LogP contribution is -2.15. The minimum absolute atomic E-state index is 0.243. The Hall–Kier alpha value is -4.72. The number of hydrogen-bond acceptors (Lipinski definition) is 5. The molecule has 2 aromatic carbocycles. The SMILES string of the molecule is Cn1nc(-c2ccccc2)cc1C(=O)Nc1ccc(Oc2ccc(-n3cccc3)nn2)cc1. The molecule has 0 saturated heterocycles. The molecule has 0 bridgehead atoms. The van der Waals surface area contributed by atoms with Gasteiger partial charge in [-0.05, 0) is 48.5 Å². The Morgan fingerprint density at radius 2 is 1.64 bits per heavy atom. The maximum absolute atomic E-state index is 12.8. The molecular weight excluding hydrogens is 416 g/mol. The molecule has 0 radical (unpaired) electrons. The van der Waals surface area contributed by atoms with E-state index in [1.165, 1.54) is 0 Å². The number of carbonyl (C=O) groups excluding carboxylic acids is 1. The lowest BCUT2D eigenvalue weighted by atomic mass is 10.1. The second-order valence-corrected chi connectivity index (χ2v) is 7.31. The van der Waals surface area contributed by atoms with Crippen molar-refractivity contribution in [3.05, 3.63) is 103 Å². The number of benzene rings is 2. The van der Waals surface area contributed by atoms with Crippen LogP contribution in [0.2, 0.25) is 0 Å². The fourth-order valence-electron chi connectivity index (χ4n) is 3.34. The van der Waals surface area contributed by atoms with Gasteiger partial charge >= 0.3 is 0 Å². The molecule has 0 fully saturated rings. The van der Waals surface area contributed by atoms with Gasteiger partial charge in [0, 0.05) is 36.8 Å². The molecule has 0 saturated carbocycles. The lowest BCUT2D eigenvalue weighted by Gasteiger charge is -2.08. The largest absolute Gasteiger partial charge is 0.438 e. The quantitative estimate of drug-likeness (QED) is 0.416. The molecule has 1 amide bonds. The maximum atomic E-state index is 12.8. The minimum Gasteiger partial charge on any atom is -0.438 e. The average Bonchev–Trinajstić information content (AvgIpc) is 3.52. The number of aryl methyl sites for hydroxylation is 1. The smallest absolute Gasteiger partial charge is 0.273 e. The minimum atomic E-state index is -0.243. The van der Waals surface area contributed by atoms with E-state index in [1.807, 2.05) is 65.5 Å². The number of nitrogens with zero attached hydrogens (tertiary/aromatic N) is 5. The summed E-state index contributed by atoms with van der Waals surface area (Å²) in [4.78, 5) is 12.8. The summed E-state index contributed by atoms with van der Waals surface area (Å²) in [5.41, 5.74) is 2.81. The first kappa shape index (κ1) is 20.2. The summed E-state index contributed by atoms with van der Waals surface area (Å²) in [5, 5.41) is 15.6. The number of rotatable bonds is 6. The van der Waals surface area contributed by atoms with E-state index < -0.39 is 0 Å². The first-order valence-electron chi connectivity index (χ1n) is 10.3. The second-order valence-electron chi connectivity index (χ2n) is 7.31. The predicted molar refractivity (Wildman–Crippen MR) is 124 cm³/mol. The Kier molecular flexibility index (Phi) is 5.38. The molecule has 3 aromatic heterocycles. The fourth-order valence-corrected chi connectivity index (χ4v) is 3.34. The number of anilines is 1. The van der Waals surface area contributed by atoms with Crippen LogP contribution in [0.25, 0.3) is 17.1 Å². The standard InChI is InChI=1S/C25H20N6O2/c1-30-22(17-21(29-30)18-7-3-2-4-8-18)25(32)26-19-9-11-20(12-10-19)33-24-14-13-23(27-28-24)31-15-5-6-16-31/h2-17H,1H3,(H,26,32). The molecule has 0 spiro atoms. The normalized spacial score (nSPS) is 10.7. The molecule has 0 aliphatic rings. The second kappa shape index (κ2) is 8.80. The highest BCUT2D eigenvalue weighted by Gasteiger charge is 2.14. The average molecular weight is 436 g/mol. The van der Waals surface area contributed by atoms with Crippen LogP contribution in [-0.2, 0) is 7.05 Å². The zero-order valence-corrected chi connectivity index (χ0v) is 17.8. The third kappa shape index (κ3) is 4.49. The Balaban J connectivity index is 1.24. The molecule has 8 heteroatoms. The van der Waals surface area contributed by atoms with Crippen LogP contribution in [0.3, 0.4) is 0 Å². The van der Waals surface area contributed by atoms with Gasteiger partial charge in [-0.1, -0.05) is 30.3 Å². The molecule has 33 heavy (non-hydrogen) atoms. The summed E-state index contributed by atoms with van der Waals surface area (Å²) in [6.45, 7) is 0. The van der Waals surface area contributed by atoms with Gasteiger partial charge in [0.05, 0.1) is 5.69 Å². The molecule has 0 atom stereocenters. The van der Waals surface area contributed by atoms with Gasteiger partial charge in [-0.15, -0.1) is 10.2 Å². The van der Waals surface area contributed by atoms with Gasteiger partial charge < -0.3 is 14.6 Å². The highest BCUT2D eigenvalue weighted by molar-refractivity contribution is 6.03. The first-order chi connectivity index (χ1) is 16.2. The topological polar surface area (TPSA) is 86.9 Å². The van der Waals surface area contributed by atoms with Crippen molar-refractivity contribution in [1.29, 1.82) is 0 Å². The van der Waals surface area contributed by atoms with Crippen molar-refractivity contribution in [3.8, 4) is 28.7 Å². The Morgan fingerprint density at radius 3 is 2.33 bits per heavy atom. The third-order valence-electron chi connectivity index (χ3n) is 5.01. The Labute approximate surface area is 190 Å². The van der Waals surface area contributed by atoms with E-state index in [9.17, 15) is 4.79 Å². The number of nitrogens with one attached hydrogen (secondary N) is 1. The fraction of sp³-hybridized carbons (Fsp3) is 0.0400. The van der Waals surface area contributed by atoms with Gasteiger partial charge in [0.1, 0.15) is 11.4 Å². The van der Waals surface area contributed by atoms with Gasteiger partial charge in [-0.25, -0.2) is 0 Å². The third-order valence-corrected chi connectivity index (χ3v) is 5.01. The molecule has 0 aliphatic carbocycles. The van der Waals surface area contributed by atoms with E-state index in [2.05, 4.69) is 20.6 Å². The van der Waals surface area contributed by atoms with E-state index in [0.29, 0.717) is 28.8 Å². The monoisotopic (exact) mass is 436 g/mol. The number of amides is 1. The summed E-state index contributed by atoms with van der Waals surface area (Å²) in [6, 6.07) is 26.0. The molecule has 1 N–H and O–H groups in total. The van der Waals surface area contributed by atoms with Gasteiger partial charge in [0.25, 0.3) is 5.91 Å². The van der Waals surface area contributed by atoms with Crippen LogP contribution in [0.4, 0.5) is 5.69 Å². The van der Waals surface area contributed by atoms with Gasteiger partial charge in [0.15, 0.2) is 5.82 Å². The lowest BCUT2D eigenvalue weighted by molar-refractivity contribution is 0.101. The summed E-state index contributed by atoms with van der Waals surface area (Å²) < 4.78 is 9.19. The number of ether oxygens (including phenoxy) is 1. The van der Waals surface area contributed by atoms with Crippen LogP contribution in [0.1, 0.15) is 10.5 Å². The molecular formula is C25H20N6O2. The molecule has 0 unspecified atom stereocenters. The molecule has 0 aliphatic heterocycles. The maximum Gasteiger partial charge on any atom is 0.273 e. The summed E-state index contributed by atoms with van der Waals surface area (Å²) in [7, 11) is 1.75. The van der Waals surface area contributed by atoms with Crippen molar-refractivity contribution < 1.29 is 9.53 Å². The van der Waals surface area contributed by atoms with Gasteiger partial charge in [-0.2, -0.15) is 5.10 Å². The van der Waals surface area contributed by atoms with E-state index in [1.54, 1.807) is 48.1 Å². The van der Waals surface area contributed by atoms with Crippen LogP contribution in [0, 0.1) is 0 Å². The Bertz CT molecular complexity index is 1360. The molecule has 162 valence electrons. The van der Waals surface area contributed by atoms with Gasteiger partial charge in [-0.3, -0.25) is 9.48 Å². The zero-order valence-electron chi connectivity index (χ0n) is 17.8. The molecule has 3 heterocycles. The van der Waals surface area contributed by atoms with Gasteiger partial charge in [0.2, 0.25) is 5.88 Å². The van der Waals surface area contributed by atoms with Crippen molar-refractivity contribution >= 4 is 11.6 Å².